The second kappa shape index (κ2) is 2.37. The van der Waals surface area contributed by atoms with E-state index in [0.29, 0.717) is 0 Å². The second-order valence-corrected chi connectivity index (χ2v) is 5.78. The third-order valence-corrected chi connectivity index (χ3v) is 5.07. The Morgan fingerprint density at radius 3 is 2.63 bits per heavy atom. The Hall–Kier alpha value is -2.34. The summed E-state index contributed by atoms with van der Waals surface area (Å²) in [7, 11) is 0. The second-order valence-electron chi connectivity index (χ2n) is 5.78. The van der Waals surface area contributed by atoms with Gasteiger partial charge in [0.2, 0.25) is 0 Å². The van der Waals surface area contributed by atoms with E-state index in [-0.39, 0.29) is 5.41 Å². The third-order valence-electron chi connectivity index (χ3n) is 5.07. The highest BCUT2D eigenvalue weighted by Gasteiger charge is 2.72. The predicted molar refractivity (Wildman–Crippen MR) is 76.2 cm³/mol. The van der Waals surface area contributed by atoms with E-state index >= 15 is 0 Å². The summed E-state index contributed by atoms with van der Waals surface area (Å²) in [4.78, 5) is 0. The average molecular weight is 238 g/mol. The van der Waals surface area contributed by atoms with E-state index in [9.17, 15) is 0 Å². The van der Waals surface area contributed by atoms with Crippen molar-refractivity contribution in [1.29, 1.82) is 0 Å². The predicted octanol–water partition coefficient (Wildman–Crippen LogP) is 4.02. The molecule has 1 fully saturated rings. The summed E-state index contributed by atoms with van der Waals surface area (Å²) in [5.74, 6) is 0. The van der Waals surface area contributed by atoms with Crippen LogP contribution >= 0.6 is 0 Å². The van der Waals surface area contributed by atoms with Gasteiger partial charge in [-0.05, 0) is 44.6 Å². The molecule has 0 heterocycles. The van der Waals surface area contributed by atoms with Crippen LogP contribution < -0.4 is 0 Å². The lowest BCUT2D eigenvalue weighted by Gasteiger charge is -2.01. The monoisotopic (exact) mass is 238 g/mol. The van der Waals surface area contributed by atoms with Gasteiger partial charge >= 0.3 is 0 Å². The van der Waals surface area contributed by atoms with Crippen LogP contribution in [0.5, 0.6) is 0 Å². The van der Waals surface area contributed by atoms with Crippen molar-refractivity contribution in [2.24, 2.45) is 5.41 Å². The van der Waals surface area contributed by atoms with E-state index in [1.807, 2.05) is 0 Å². The summed E-state index contributed by atoms with van der Waals surface area (Å²) in [6.07, 6.45) is 22.6. The Kier molecular flexibility index (Phi) is 1.09. The van der Waals surface area contributed by atoms with E-state index in [2.05, 4.69) is 60.8 Å². The van der Waals surface area contributed by atoms with Gasteiger partial charge in [0.1, 0.15) is 0 Å². The first-order chi connectivity index (χ1) is 9.42. The van der Waals surface area contributed by atoms with Gasteiger partial charge in [-0.15, -0.1) is 0 Å². The van der Waals surface area contributed by atoms with Crippen molar-refractivity contribution in [3.05, 3.63) is 105 Å². The molecule has 0 amide bonds. The summed E-state index contributed by atoms with van der Waals surface area (Å²) in [6, 6.07) is 0. The maximum atomic E-state index is 2.34. The van der Waals surface area contributed by atoms with Crippen molar-refractivity contribution in [3.8, 4) is 0 Å². The van der Waals surface area contributed by atoms with Crippen LogP contribution in [0.1, 0.15) is 0 Å². The molecular weight excluding hydrogens is 228 g/mol. The number of fused-ring (bicyclic) bond motifs is 4. The van der Waals surface area contributed by atoms with Crippen LogP contribution in [0, 0.1) is 5.41 Å². The van der Waals surface area contributed by atoms with Gasteiger partial charge in [0.05, 0.1) is 5.41 Å². The topological polar surface area (TPSA) is 0 Å². The molecule has 1 unspecified atom stereocenters. The Morgan fingerprint density at radius 1 is 0.684 bits per heavy atom. The molecule has 0 saturated heterocycles. The summed E-state index contributed by atoms with van der Waals surface area (Å²) in [5.41, 5.74) is 12.0. The largest absolute Gasteiger partial charge is 0.0726 e. The minimum atomic E-state index is 0.214. The van der Waals surface area contributed by atoms with Crippen molar-refractivity contribution in [1.82, 2.24) is 0 Å². The zero-order valence-corrected chi connectivity index (χ0v) is 10.3. The van der Waals surface area contributed by atoms with Crippen LogP contribution in [-0.2, 0) is 0 Å². The van der Waals surface area contributed by atoms with E-state index in [4.69, 9.17) is 0 Å². The van der Waals surface area contributed by atoms with Crippen molar-refractivity contribution >= 4 is 0 Å². The van der Waals surface area contributed by atoms with E-state index < -0.39 is 0 Å². The molecule has 1 saturated carbocycles. The third kappa shape index (κ3) is 0.721. The average Bonchev–Trinajstić information content (AvgIpc) is 3.04. The van der Waals surface area contributed by atoms with Gasteiger partial charge in [-0.3, -0.25) is 0 Å². The fraction of sp³-hybridized carbons (Fsp3) is 0.0526. The maximum Gasteiger partial charge on any atom is 0.0726 e. The summed E-state index contributed by atoms with van der Waals surface area (Å²) in [6.45, 7) is 0. The molecule has 6 rings (SSSR count). The van der Waals surface area contributed by atoms with E-state index in [1.165, 1.54) is 33.4 Å². The fourth-order valence-corrected chi connectivity index (χ4v) is 4.21. The summed E-state index contributed by atoms with van der Waals surface area (Å²) < 4.78 is 0. The molecule has 0 nitrogen and oxygen atoms in total. The van der Waals surface area contributed by atoms with Crippen LogP contribution in [0.25, 0.3) is 0 Å². The zero-order chi connectivity index (χ0) is 12.2. The van der Waals surface area contributed by atoms with E-state index in [1.54, 1.807) is 11.1 Å². The van der Waals surface area contributed by atoms with Crippen LogP contribution in [0.3, 0.4) is 0 Å². The zero-order valence-electron chi connectivity index (χ0n) is 10.3. The lowest BCUT2D eigenvalue weighted by atomic mass is 10.0. The van der Waals surface area contributed by atoms with Crippen LogP contribution in [0.4, 0.5) is 0 Å². The molecule has 6 aliphatic carbocycles. The van der Waals surface area contributed by atoms with Gasteiger partial charge in [0, 0.05) is 0 Å². The molecule has 86 valence electrons. The summed E-state index contributed by atoms with van der Waals surface area (Å²) in [5, 5.41) is 0. The normalized spacial score (nSPS) is 33.7. The molecule has 0 aromatic heterocycles. The molecule has 0 bridgehead atoms. The molecule has 0 N–H and O–H groups in total. The highest BCUT2D eigenvalue weighted by molar-refractivity contribution is 5.98. The van der Waals surface area contributed by atoms with Crippen LogP contribution in [0.15, 0.2) is 105 Å². The first kappa shape index (κ1) is 8.71. The van der Waals surface area contributed by atoms with Gasteiger partial charge in [-0.25, -0.2) is 0 Å². The molecule has 6 aliphatic rings. The molecule has 1 spiro atoms. The lowest BCUT2D eigenvalue weighted by molar-refractivity contribution is 1.06. The van der Waals surface area contributed by atoms with Gasteiger partial charge in [0.15, 0.2) is 0 Å². The Balaban J connectivity index is 1.73. The SMILES string of the molecule is C1=CC2=CC=C3C4=C5C=CC=C5C=CC5=C(C2=C1)C354. The number of hydrogen-bond donors (Lipinski definition) is 0. The standard InChI is InChI=1S/C19H10/c1-3-11-7-9-16-18-14-6-2-4-12(14)8-10-15-17(13(11)5-1)19(15,16)18/h1-10H. The Morgan fingerprint density at radius 2 is 1.63 bits per heavy atom. The van der Waals surface area contributed by atoms with Crippen molar-refractivity contribution < 1.29 is 0 Å². The number of allylic oxidation sites excluding steroid dienone is 18. The lowest BCUT2D eigenvalue weighted by Crippen LogP contribution is -1.86. The van der Waals surface area contributed by atoms with Gasteiger partial charge in [-0.1, -0.05) is 60.8 Å². The molecule has 0 radical (unpaired) electrons. The summed E-state index contributed by atoms with van der Waals surface area (Å²) >= 11 is 0. The molecule has 0 heteroatoms. The van der Waals surface area contributed by atoms with Crippen LogP contribution in [-0.4, -0.2) is 0 Å². The van der Waals surface area contributed by atoms with E-state index in [0.717, 1.165) is 0 Å². The number of rotatable bonds is 0. The highest BCUT2D eigenvalue weighted by Crippen LogP contribution is 2.82. The van der Waals surface area contributed by atoms with Crippen molar-refractivity contribution in [2.45, 2.75) is 0 Å². The quantitative estimate of drug-likeness (QED) is 0.598. The molecule has 19 heavy (non-hydrogen) atoms. The van der Waals surface area contributed by atoms with Gasteiger partial charge < -0.3 is 0 Å². The Bertz CT molecular complexity index is 882. The molecule has 0 aromatic carbocycles. The molecule has 1 atom stereocenters. The Labute approximate surface area is 111 Å². The molecule has 0 aromatic rings. The molecular formula is C19H10. The van der Waals surface area contributed by atoms with Crippen LogP contribution in [0.2, 0.25) is 0 Å². The highest BCUT2D eigenvalue weighted by atomic mass is 14.7. The maximum absolute atomic E-state index is 2.34. The van der Waals surface area contributed by atoms with Gasteiger partial charge in [-0.2, -0.15) is 0 Å². The van der Waals surface area contributed by atoms with Gasteiger partial charge in [0.25, 0.3) is 0 Å². The first-order valence-corrected chi connectivity index (χ1v) is 6.81. The minimum absolute atomic E-state index is 0.214. The fourth-order valence-electron chi connectivity index (χ4n) is 4.21. The smallest absolute Gasteiger partial charge is 0.0610 e. The minimum Gasteiger partial charge on any atom is -0.0610 e. The van der Waals surface area contributed by atoms with Crippen molar-refractivity contribution in [2.75, 3.05) is 0 Å². The molecule has 0 aliphatic heterocycles. The number of hydrogen-bond acceptors (Lipinski definition) is 0. The van der Waals surface area contributed by atoms with Crippen molar-refractivity contribution in [3.63, 3.8) is 0 Å². The first-order valence-electron chi connectivity index (χ1n) is 6.81.